The van der Waals surface area contributed by atoms with Gasteiger partial charge in [-0.25, -0.2) is 0 Å². The van der Waals surface area contributed by atoms with E-state index in [0.29, 0.717) is 17.2 Å². The second-order valence-electron chi connectivity index (χ2n) is 3.08. The van der Waals surface area contributed by atoms with Crippen LogP contribution in [0.2, 0.25) is 0 Å². The first kappa shape index (κ1) is 12.9. The lowest BCUT2D eigenvalue weighted by atomic mass is 10.3. The molecule has 0 fully saturated rings. The Balaban J connectivity index is 0.00000144. The van der Waals surface area contributed by atoms with Crippen LogP contribution in [0.4, 0.5) is 0 Å². The van der Waals surface area contributed by atoms with Crippen LogP contribution >= 0.6 is 12.4 Å². The van der Waals surface area contributed by atoms with E-state index >= 15 is 0 Å². The zero-order valence-electron chi connectivity index (χ0n) is 8.83. The Morgan fingerprint density at radius 1 is 1.24 bits per heavy atom. The molecule has 2 aromatic heterocycles. The quantitative estimate of drug-likeness (QED) is 0.644. The molecule has 0 atom stereocenters. The van der Waals surface area contributed by atoms with Crippen LogP contribution in [0, 0.1) is 5.41 Å². The summed E-state index contributed by atoms with van der Waals surface area (Å²) in [5, 5.41) is 7.26. The number of pyridine rings is 2. The van der Waals surface area contributed by atoms with E-state index in [1.165, 1.54) is 0 Å². The van der Waals surface area contributed by atoms with Crippen LogP contribution in [-0.2, 0) is 0 Å². The van der Waals surface area contributed by atoms with Gasteiger partial charge in [0.1, 0.15) is 23.0 Å². The van der Waals surface area contributed by atoms with Gasteiger partial charge in [-0.3, -0.25) is 15.4 Å². The van der Waals surface area contributed by atoms with Crippen molar-refractivity contribution >= 4 is 18.2 Å². The van der Waals surface area contributed by atoms with Crippen molar-refractivity contribution in [2.24, 2.45) is 5.73 Å². The molecule has 0 saturated heterocycles. The third-order valence-electron chi connectivity index (χ3n) is 1.88. The third kappa shape index (κ3) is 3.42. The molecule has 2 aromatic rings. The van der Waals surface area contributed by atoms with Gasteiger partial charge in [-0.05, 0) is 18.2 Å². The zero-order valence-corrected chi connectivity index (χ0v) is 9.65. The molecule has 0 aliphatic heterocycles. The number of amidine groups is 1. The van der Waals surface area contributed by atoms with Gasteiger partial charge >= 0.3 is 0 Å². The smallest absolute Gasteiger partial charge is 0.145 e. The Kier molecular flexibility index (Phi) is 4.42. The minimum Gasteiger partial charge on any atom is -0.456 e. The fraction of sp³-hybridized carbons (Fsp3) is 0. The van der Waals surface area contributed by atoms with Crippen molar-refractivity contribution < 1.29 is 4.74 Å². The number of nitrogens with zero attached hydrogens (tertiary/aromatic N) is 2. The van der Waals surface area contributed by atoms with E-state index in [9.17, 15) is 0 Å². The maximum absolute atomic E-state index is 7.26. The highest BCUT2D eigenvalue weighted by atomic mass is 35.5. The summed E-state index contributed by atoms with van der Waals surface area (Å²) >= 11 is 0. The van der Waals surface area contributed by atoms with Crippen LogP contribution in [0.5, 0.6) is 11.5 Å². The first-order chi connectivity index (χ1) is 7.75. The summed E-state index contributed by atoms with van der Waals surface area (Å²) in [6.45, 7) is 0. The van der Waals surface area contributed by atoms with E-state index in [1.54, 1.807) is 42.9 Å². The molecule has 0 spiro atoms. The van der Waals surface area contributed by atoms with E-state index < -0.39 is 0 Å². The number of halogens is 1. The second-order valence-corrected chi connectivity index (χ2v) is 3.08. The summed E-state index contributed by atoms with van der Waals surface area (Å²) in [6.07, 6.45) is 4.82. The zero-order chi connectivity index (χ0) is 11.4. The van der Waals surface area contributed by atoms with Gasteiger partial charge in [0.05, 0.1) is 6.20 Å². The molecule has 2 rings (SSSR count). The maximum atomic E-state index is 7.26. The number of nitrogen functional groups attached to an aromatic ring is 1. The highest BCUT2D eigenvalue weighted by molar-refractivity contribution is 5.93. The fourth-order valence-corrected chi connectivity index (χ4v) is 1.17. The van der Waals surface area contributed by atoms with Crippen LogP contribution in [0.1, 0.15) is 5.69 Å². The molecule has 2 heterocycles. The molecule has 6 heteroatoms. The molecule has 0 amide bonds. The Bertz CT molecular complexity index is 504. The lowest BCUT2D eigenvalue weighted by Crippen LogP contribution is -2.12. The van der Waals surface area contributed by atoms with Crippen molar-refractivity contribution in [2.75, 3.05) is 0 Å². The molecule has 0 aliphatic rings. The topological polar surface area (TPSA) is 84.9 Å². The monoisotopic (exact) mass is 250 g/mol. The van der Waals surface area contributed by atoms with Crippen LogP contribution in [0.15, 0.2) is 42.9 Å². The Labute approximate surface area is 105 Å². The average molecular weight is 251 g/mol. The molecule has 0 radical (unpaired) electrons. The van der Waals surface area contributed by atoms with Crippen LogP contribution in [0.3, 0.4) is 0 Å². The molecular formula is C11H11ClN4O. The summed E-state index contributed by atoms with van der Waals surface area (Å²) in [6, 6.07) is 6.87. The van der Waals surface area contributed by atoms with E-state index in [-0.39, 0.29) is 18.2 Å². The van der Waals surface area contributed by atoms with Crippen molar-refractivity contribution in [1.29, 1.82) is 5.41 Å². The van der Waals surface area contributed by atoms with Gasteiger partial charge in [-0.1, -0.05) is 0 Å². The number of hydrogen-bond acceptors (Lipinski definition) is 4. The summed E-state index contributed by atoms with van der Waals surface area (Å²) in [7, 11) is 0. The van der Waals surface area contributed by atoms with E-state index in [2.05, 4.69) is 9.97 Å². The Hall–Kier alpha value is -2.14. The summed E-state index contributed by atoms with van der Waals surface area (Å²) in [5.74, 6) is 1.12. The normalized spacial score (nSPS) is 9.18. The minimum absolute atomic E-state index is 0. The number of rotatable bonds is 3. The van der Waals surface area contributed by atoms with Gasteiger partial charge < -0.3 is 10.5 Å². The van der Waals surface area contributed by atoms with E-state index in [0.717, 1.165) is 0 Å². The summed E-state index contributed by atoms with van der Waals surface area (Å²) < 4.78 is 5.51. The molecule has 0 bridgehead atoms. The lowest BCUT2D eigenvalue weighted by Gasteiger charge is -2.05. The first-order valence-corrected chi connectivity index (χ1v) is 4.64. The molecule has 5 nitrogen and oxygen atoms in total. The highest BCUT2D eigenvalue weighted by Gasteiger charge is 2.01. The van der Waals surface area contributed by atoms with Gasteiger partial charge in [-0.15, -0.1) is 12.4 Å². The maximum Gasteiger partial charge on any atom is 0.145 e. The number of aromatic nitrogens is 2. The van der Waals surface area contributed by atoms with Crippen molar-refractivity contribution in [3.63, 3.8) is 0 Å². The van der Waals surface area contributed by atoms with Crippen molar-refractivity contribution in [3.05, 3.63) is 48.5 Å². The number of nitrogens with one attached hydrogen (secondary N) is 1. The van der Waals surface area contributed by atoms with Crippen molar-refractivity contribution in [3.8, 4) is 11.5 Å². The molecule has 0 aromatic carbocycles. The van der Waals surface area contributed by atoms with Gasteiger partial charge in [0.25, 0.3) is 0 Å². The number of hydrogen-bond donors (Lipinski definition) is 2. The Morgan fingerprint density at radius 2 is 2.06 bits per heavy atom. The van der Waals surface area contributed by atoms with Crippen LogP contribution in [0.25, 0.3) is 0 Å². The summed E-state index contributed by atoms with van der Waals surface area (Å²) in [4.78, 5) is 7.87. The lowest BCUT2D eigenvalue weighted by molar-refractivity contribution is 0.479. The molecule has 0 unspecified atom stereocenters. The van der Waals surface area contributed by atoms with Crippen molar-refractivity contribution in [1.82, 2.24) is 9.97 Å². The van der Waals surface area contributed by atoms with E-state index in [1.807, 2.05) is 0 Å². The minimum atomic E-state index is -0.0864. The van der Waals surface area contributed by atoms with Crippen LogP contribution < -0.4 is 10.5 Å². The van der Waals surface area contributed by atoms with Crippen molar-refractivity contribution in [2.45, 2.75) is 0 Å². The molecule has 0 saturated carbocycles. The first-order valence-electron chi connectivity index (χ1n) is 4.64. The molecular weight excluding hydrogens is 240 g/mol. The van der Waals surface area contributed by atoms with Gasteiger partial charge in [0, 0.05) is 18.5 Å². The third-order valence-corrected chi connectivity index (χ3v) is 1.88. The molecule has 88 valence electrons. The summed E-state index contributed by atoms with van der Waals surface area (Å²) in [5.41, 5.74) is 5.72. The van der Waals surface area contributed by atoms with Crippen LogP contribution in [-0.4, -0.2) is 15.8 Å². The highest BCUT2D eigenvalue weighted by Crippen LogP contribution is 2.19. The largest absolute Gasteiger partial charge is 0.456 e. The fourth-order valence-electron chi connectivity index (χ4n) is 1.17. The predicted octanol–water partition coefficient (Wildman–Crippen LogP) is 1.97. The second kappa shape index (κ2) is 5.81. The molecule has 17 heavy (non-hydrogen) atoms. The standard InChI is InChI=1S/C11H10N4O.ClH/c12-11(13)10-6-8(3-5-15-10)16-9-2-1-4-14-7-9;/h1-7H,(H3,12,13);1H. The van der Waals surface area contributed by atoms with Gasteiger partial charge in [0.2, 0.25) is 0 Å². The molecule has 3 N–H and O–H groups in total. The number of nitrogens with two attached hydrogens (primary N) is 1. The van der Waals surface area contributed by atoms with Gasteiger partial charge in [0.15, 0.2) is 0 Å². The number of ether oxygens (including phenoxy) is 1. The van der Waals surface area contributed by atoms with Gasteiger partial charge in [-0.2, -0.15) is 0 Å². The van der Waals surface area contributed by atoms with E-state index in [4.69, 9.17) is 15.9 Å². The average Bonchev–Trinajstić information content (AvgIpc) is 2.30. The molecule has 0 aliphatic carbocycles. The predicted molar refractivity (Wildman–Crippen MR) is 66.8 cm³/mol. The SMILES string of the molecule is Cl.N=C(N)c1cc(Oc2cccnc2)ccn1. The Morgan fingerprint density at radius 3 is 2.71 bits per heavy atom.